The second-order valence-corrected chi connectivity index (χ2v) is 9.65. The van der Waals surface area contributed by atoms with Crippen molar-refractivity contribution in [3.63, 3.8) is 0 Å². The number of piperidine rings is 1. The van der Waals surface area contributed by atoms with Crippen LogP contribution in [0.3, 0.4) is 0 Å². The van der Waals surface area contributed by atoms with Gasteiger partial charge in [0.2, 0.25) is 11.8 Å². The molecule has 0 aliphatic carbocycles. The van der Waals surface area contributed by atoms with Gasteiger partial charge in [0.05, 0.1) is 30.5 Å². The van der Waals surface area contributed by atoms with Crippen LogP contribution in [-0.4, -0.2) is 39.5 Å². The average Bonchev–Trinajstić information content (AvgIpc) is 3.35. The fourth-order valence-corrected chi connectivity index (χ4v) is 5.86. The number of aromatic nitrogens is 2. The molecule has 32 heavy (non-hydrogen) atoms. The quantitative estimate of drug-likeness (QED) is 0.637. The Balaban J connectivity index is 1.31. The standard InChI is InChI=1S/C23H26ClN5O3/c1-10-5-6-29(19-12-3-4-17(24)28-22(12)32-20(10)19)23(30)15-7-13-14-9-31-11(2)18(14)21(25)27-16(13)8-26-15/h3-4,10-11,15,19-20,26H,5-9H2,1-2H3,(H2,25,27)/t10-,11-,15-,19+,20+/m1/s1. The van der Waals surface area contributed by atoms with E-state index in [0.717, 1.165) is 34.4 Å². The predicted octanol–water partition coefficient (Wildman–Crippen LogP) is 2.69. The largest absolute Gasteiger partial charge is 0.471 e. The van der Waals surface area contributed by atoms with Gasteiger partial charge in [0.25, 0.3) is 0 Å². The fraction of sp³-hybridized carbons (Fsp3) is 0.522. The van der Waals surface area contributed by atoms with Gasteiger partial charge in [0, 0.05) is 24.2 Å². The van der Waals surface area contributed by atoms with Crippen LogP contribution >= 0.6 is 11.6 Å². The zero-order valence-corrected chi connectivity index (χ0v) is 18.9. The summed E-state index contributed by atoms with van der Waals surface area (Å²) in [5.41, 5.74) is 11.2. The number of nitrogens with zero attached hydrogens (tertiary/aromatic N) is 3. The van der Waals surface area contributed by atoms with E-state index < -0.39 is 0 Å². The van der Waals surface area contributed by atoms with Crippen LogP contribution in [0.5, 0.6) is 5.88 Å². The molecule has 5 atom stereocenters. The Morgan fingerprint density at radius 1 is 1.28 bits per heavy atom. The van der Waals surface area contributed by atoms with Gasteiger partial charge >= 0.3 is 0 Å². The number of halogens is 1. The highest BCUT2D eigenvalue weighted by Gasteiger charge is 2.48. The number of hydrogen-bond donors (Lipinski definition) is 2. The molecule has 0 bridgehead atoms. The van der Waals surface area contributed by atoms with E-state index in [4.69, 9.17) is 26.8 Å². The second kappa shape index (κ2) is 7.30. The van der Waals surface area contributed by atoms with E-state index in [-0.39, 0.29) is 30.2 Å². The lowest BCUT2D eigenvalue weighted by molar-refractivity contribution is -0.141. The third kappa shape index (κ3) is 2.93. The molecule has 2 aromatic heterocycles. The predicted molar refractivity (Wildman–Crippen MR) is 118 cm³/mol. The normalized spacial score (nSPS) is 30.2. The number of fused-ring (bicyclic) bond motifs is 6. The molecule has 9 heteroatoms. The van der Waals surface area contributed by atoms with Gasteiger partial charge in [-0.3, -0.25) is 10.1 Å². The molecule has 0 aromatic carbocycles. The number of carbonyl (C=O) groups is 1. The molecule has 0 spiro atoms. The Hall–Kier alpha value is -2.42. The number of carbonyl (C=O) groups excluding carboxylic acids is 1. The Morgan fingerprint density at radius 3 is 2.97 bits per heavy atom. The molecule has 168 valence electrons. The molecule has 0 radical (unpaired) electrons. The first-order chi connectivity index (χ1) is 15.4. The SMILES string of the molecule is C[C@@H]1CCN(C(=O)[C@H]2Cc3c(nc(N)c4c3CO[C@@H]4C)CN2)[C@H]2c3ccc(Cl)nc3O[C@@H]12. The highest BCUT2D eigenvalue weighted by atomic mass is 35.5. The summed E-state index contributed by atoms with van der Waals surface area (Å²) in [6.07, 6.45) is 1.29. The zero-order valence-electron chi connectivity index (χ0n) is 18.1. The number of nitrogens with one attached hydrogen (secondary N) is 1. The second-order valence-electron chi connectivity index (χ2n) is 9.26. The molecule has 2 aromatic rings. The van der Waals surface area contributed by atoms with Crippen molar-refractivity contribution in [2.45, 2.75) is 64.1 Å². The maximum absolute atomic E-state index is 13.8. The van der Waals surface area contributed by atoms with Crippen LogP contribution in [0.25, 0.3) is 0 Å². The van der Waals surface area contributed by atoms with Crippen molar-refractivity contribution in [2.75, 3.05) is 12.3 Å². The van der Waals surface area contributed by atoms with Crippen LogP contribution in [0.4, 0.5) is 5.82 Å². The summed E-state index contributed by atoms with van der Waals surface area (Å²) in [4.78, 5) is 24.7. The number of rotatable bonds is 1. The van der Waals surface area contributed by atoms with Crippen molar-refractivity contribution >= 4 is 23.3 Å². The lowest BCUT2D eigenvalue weighted by atomic mass is 9.85. The van der Waals surface area contributed by atoms with E-state index in [1.165, 1.54) is 0 Å². The molecular formula is C23H26ClN5O3. The van der Waals surface area contributed by atoms with Crippen molar-refractivity contribution in [1.82, 2.24) is 20.2 Å². The van der Waals surface area contributed by atoms with E-state index in [2.05, 4.69) is 22.2 Å². The number of nitrogen functional groups attached to an aromatic ring is 1. The Kier molecular flexibility index (Phi) is 4.61. The lowest BCUT2D eigenvalue weighted by Crippen LogP contribution is -2.55. The summed E-state index contributed by atoms with van der Waals surface area (Å²) >= 11 is 6.09. The highest BCUT2D eigenvalue weighted by Crippen LogP contribution is 2.46. The average molecular weight is 456 g/mol. The summed E-state index contributed by atoms with van der Waals surface area (Å²) in [6.45, 7) is 5.89. The number of ether oxygens (including phenoxy) is 2. The van der Waals surface area contributed by atoms with Crippen LogP contribution in [0.15, 0.2) is 12.1 Å². The van der Waals surface area contributed by atoms with Gasteiger partial charge in [0.1, 0.15) is 17.1 Å². The first-order valence-electron chi connectivity index (χ1n) is 11.2. The minimum Gasteiger partial charge on any atom is -0.471 e. The van der Waals surface area contributed by atoms with E-state index >= 15 is 0 Å². The molecule has 8 nitrogen and oxygen atoms in total. The van der Waals surface area contributed by atoms with Gasteiger partial charge in [-0.15, -0.1) is 0 Å². The lowest BCUT2D eigenvalue weighted by Gasteiger charge is -2.42. The molecule has 6 heterocycles. The van der Waals surface area contributed by atoms with Gasteiger partial charge in [-0.1, -0.05) is 18.5 Å². The molecule has 0 unspecified atom stereocenters. The third-order valence-corrected chi connectivity index (χ3v) is 7.62. The first kappa shape index (κ1) is 20.2. The summed E-state index contributed by atoms with van der Waals surface area (Å²) in [6, 6.07) is 3.23. The first-order valence-corrected chi connectivity index (χ1v) is 11.6. The van der Waals surface area contributed by atoms with E-state index in [1.54, 1.807) is 6.07 Å². The third-order valence-electron chi connectivity index (χ3n) is 7.41. The smallest absolute Gasteiger partial charge is 0.240 e. The summed E-state index contributed by atoms with van der Waals surface area (Å²) in [7, 11) is 0. The van der Waals surface area contributed by atoms with Crippen molar-refractivity contribution in [3.05, 3.63) is 45.2 Å². The monoisotopic (exact) mass is 455 g/mol. The van der Waals surface area contributed by atoms with Gasteiger partial charge in [-0.2, -0.15) is 0 Å². The van der Waals surface area contributed by atoms with E-state index in [9.17, 15) is 4.79 Å². The number of hydrogen-bond acceptors (Lipinski definition) is 7. The van der Waals surface area contributed by atoms with Crippen molar-refractivity contribution in [2.24, 2.45) is 5.92 Å². The maximum Gasteiger partial charge on any atom is 0.240 e. The molecule has 6 rings (SSSR count). The van der Waals surface area contributed by atoms with Crippen molar-refractivity contribution in [3.8, 4) is 5.88 Å². The molecule has 1 fully saturated rings. The maximum atomic E-state index is 13.8. The minimum atomic E-state index is -0.328. The summed E-state index contributed by atoms with van der Waals surface area (Å²) < 4.78 is 12.0. The van der Waals surface area contributed by atoms with E-state index in [1.807, 2.05) is 17.9 Å². The van der Waals surface area contributed by atoms with Gasteiger partial charge in [-0.25, -0.2) is 9.97 Å². The molecular weight excluding hydrogens is 430 g/mol. The summed E-state index contributed by atoms with van der Waals surface area (Å²) in [5.74, 6) is 1.49. The van der Waals surface area contributed by atoms with Gasteiger partial charge in [0.15, 0.2) is 0 Å². The molecule has 1 amide bonds. The van der Waals surface area contributed by atoms with Crippen LogP contribution in [0.1, 0.15) is 60.4 Å². The number of nitrogens with two attached hydrogens (primary N) is 1. The van der Waals surface area contributed by atoms with Crippen LogP contribution in [0.2, 0.25) is 5.15 Å². The summed E-state index contributed by atoms with van der Waals surface area (Å²) in [5, 5.41) is 3.80. The van der Waals surface area contributed by atoms with Gasteiger partial charge in [-0.05, 0) is 48.9 Å². The highest BCUT2D eigenvalue weighted by molar-refractivity contribution is 6.29. The van der Waals surface area contributed by atoms with Crippen LogP contribution in [0, 0.1) is 5.92 Å². The van der Waals surface area contributed by atoms with E-state index in [0.29, 0.717) is 48.9 Å². The molecule has 4 aliphatic rings. The minimum absolute atomic E-state index is 0.0670. The van der Waals surface area contributed by atoms with Crippen molar-refractivity contribution in [1.29, 1.82) is 0 Å². The molecule has 0 saturated carbocycles. The molecule has 3 N–H and O–H groups in total. The topological polar surface area (TPSA) is 103 Å². The fourth-order valence-electron chi connectivity index (χ4n) is 5.72. The van der Waals surface area contributed by atoms with Crippen LogP contribution < -0.4 is 15.8 Å². The molecule has 1 saturated heterocycles. The van der Waals surface area contributed by atoms with Gasteiger partial charge < -0.3 is 20.1 Å². The van der Waals surface area contributed by atoms with Crippen LogP contribution in [-0.2, 0) is 29.1 Å². The Labute approximate surface area is 191 Å². The van der Waals surface area contributed by atoms with Crippen molar-refractivity contribution < 1.29 is 14.3 Å². The number of likely N-dealkylation sites (tertiary alicyclic amines) is 1. The number of pyridine rings is 2. The zero-order chi connectivity index (χ0) is 22.1. The number of amides is 1. The Morgan fingerprint density at radius 2 is 2.12 bits per heavy atom. The Bertz CT molecular complexity index is 1130. The molecule has 4 aliphatic heterocycles. The number of anilines is 1.